The lowest BCUT2D eigenvalue weighted by Crippen LogP contribution is -2.48. The third-order valence-electron chi connectivity index (χ3n) is 4.58. The molecule has 0 heterocycles. The van der Waals surface area contributed by atoms with Crippen LogP contribution in [0.1, 0.15) is 80.1 Å². The molecule has 0 amide bonds. The van der Waals surface area contributed by atoms with E-state index in [2.05, 4.69) is 13.8 Å². The fraction of sp³-hybridized carbons (Fsp3) is 0.895. The summed E-state index contributed by atoms with van der Waals surface area (Å²) in [5.74, 6) is -0.301. The van der Waals surface area contributed by atoms with Crippen LogP contribution in [0.25, 0.3) is 0 Å². The van der Waals surface area contributed by atoms with Gasteiger partial charge in [0.1, 0.15) is 0 Å². The molecule has 0 spiro atoms. The third kappa shape index (κ3) is 5.22. The predicted molar refractivity (Wildman–Crippen MR) is 90.9 cm³/mol. The zero-order chi connectivity index (χ0) is 17.6. The zero-order valence-corrected chi connectivity index (χ0v) is 15.7. The largest absolute Gasteiger partial charge is 0.462 e. The van der Waals surface area contributed by atoms with Gasteiger partial charge in [-0.05, 0) is 65.2 Å². The molecule has 1 rings (SSSR count). The summed E-state index contributed by atoms with van der Waals surface area (Å²) in [6, 6.07) is 0. The minimum Gasteiger partial charge on any atom is -0.462 e. The molecule has 0 N–H and O–H groups in total. The molecule has 23 heavy (non-hydrogen) atoms. The predicted octanol–water partition coefficient (Wildman–Crippen LogP) is 4.50. The van der Waals surface area contributed by atoms with E-state index in [9.17, 15) is 9.59 Å². The molecule has 0 atom stereocenters. The number of hydrogen-bond acceptors (Lipinski definition) is 4. The number of hydrogen-bond donors (Lipinski definition) is 0. The van der Waals surface area contributed by atoms with Crippen LogP contribution in [0.3, 0.4) is 0 Å². The molecule has 0 aromatic rings. The molecule has 1 saturated carbocycles. The van der Waals surface area contributed by atoms with Gasteiger partial charge in [-0.25, -0.2) is 0 Å². The van der Waals surface area contributed by atoms with Crippen LogP contribution in [-0.2, 0) is 19.1 Å². The lowest BCUT2D eigenvalue weighted by Gasteiger charge is -2.36. The van der Waals surface area contributed by atoms with E-state index in [1.54, 1.807) is 0 Å². The second-order valence-corrected chi connectivity index (χ2v) is 7.79. The monoisotopic (exact) mass is 326 g/mol. The fourth-order valence-corrected chi connectivity index (χ4v) is 3.40. The summed E-state index contributed by atoms with van der Waals surface area (Å²) < 4.78 is 11.0. The molecular weight excluding hydrogens is 292 g/mol. The maximum Gasteiger partial charge on any atom is 0.324 e. The van der Waals surface area contributed by atoms with Gasteiger partial charge in [-0.15, -0.1) is 0 Å². The first-order valence-corrected chi connectivity index (χ1v) is 9.12. The molecule has 0 bridgehead atoms. The fourth-order valence-electron chi connectivity index (χ4n) is 3.40. The summed E-state index contributed by atoms with van der Waals surface area (Å²) in [7, 11) is 0. The van der Waals surface area contributed by atoms with Crippen LogP contribution in [0.15, 0.2) is 0 Å². The summed E-state index contributed by atoms with van der Waals surface area (Å²) in [5.41, 5.74) is -1.13. The Bertz CT molecular complexity index is 370. The summed E-state index contributed by atoms with van der Waals surface area (Å²) in [6.45, 7) is 11.5. The second kappa shape index (κ2) is 8.70. The zero-order valence-electron chi connectivity index (χ0n) is 15.7. The van der Waals surface area contributed by atoms with Crippen molar-refractivity contribution in [3.63, 3.8) is 0 Å². The number of rotatable bonds is 8. The Morgan fingerprint density at radius 1 is 0.913 bits per heavy atom. The summed E-state index contributed by atoms with van der Waals surface area (Å²) in [5, 5.41) is 0. The van der Waals surface area contributed by atoms with Gasteiger partial charge in [-0.1, -0.05) is 26.7 Å². The third-order valence-corrected chi connectivity index (χ3v) is 4.58. The molecule has 134 valence electrons. The van der Waals surface area contributed by atoms with Crippen molar-refractivity contribution in [2.24, 2.45) is 17.3 Å². The van der Waals surface area contributed by atoms with Crippen molar-refractivity contribution in [2.75, 3.05) is 0 Å². The molecule has 1 aliphatic rings. The van der Waals surface area contributed by atoms with Gasteiger partial charge in [0, 0.05) is 0 Å². The van der Waals surface area contributed by atoms with E-state index < -0.39 is 5.41 Å². The van der Waals surface area contributed by atoms with E-state index >= 15 is 0 Å². The minimum absolute atomic E-state index is 0.0405. The lowest BCUT2D eigenvalue weighted by molar-refractivity contribution is -0.183. The molecule has 1 aliphatic carbocycles. The molecule has 0 unspecified atom stereocenters. The first kappa shape index (κ1) is 20.0. The van der Waals surface area contributed by atoms with Crippen molar-refractivity contribution in [1.82, 2.24) is 0 Å². The standard InChI is InChI=1S/C19H34O4/c1-13(2)11-12-19(16-9-7-8-10-16,17(20)22-14(3)4)18(21)23-15(5)6/h13-16H,7-12H2,1-6H3. The molecule has 0 aromatic heterocycles. The molecule has 0 radical (unpaired) electrons. The van der Waals surface area contributed by atoms with Crippen LogP contribution >= 0.6 is 0 Å². The quantitative estimate of drug-likeness (QED) is 0.487. The summed E-state index contributed by atoms with van der Waals surface area (Å²) >= 11 is 0. The average Bonchev–Trinajstić information content (AvgIpc) is 2.91. The first-order valence-electron chi connectivity index (χ1n) is 9.12. The van der Waals surface area contributed by atoms with Gasteiger partial charge in [0.05, 0.1) is 12.2 Å². The van der Waals surface area contributed by atoms with Crippen molar-refractivity contribution >= 4 is 11.9 Å². The van der Waals surface area contributed by atoms with E-state index in [1.807, 2.05) is 27.7 Å². The number of ether oxygens (including phenoxy) is 2. The molecule has 4 heteroatoms. The molecule has 0 aromatic carbocycles. The maximum absolute atomic E-state index is 13.0. The van der Waals surface area contributed by atoms with Crippen LogP contribution in [0.4, 0.5) is 0 Å². The van der Waals surface area contributed by atoms with Crippen molar-refractivity contribution < 1.29 is 19.1 Å². The highest BCUT2D eigenvalue weighted by molar-refractivity contribution is 6.00. The van der Waals surface area contributed by atoms with Crippen LogP contribution in [0.5, 0.6) is 0 Å². The summed E-state index contributed by atoms with van der Waals surface area (Å²) in [4.78, 5) is 26.0. The molecule has 0 aliphatic heterocycles. The topological polar surface area (TPSA) is 52.6 Å². The van der Waals surface area contributed by atoms with Gasteiger partial charge in [0.15, 0.2) is 5.41 Å². The van der Waals surface area contributed by atoms with Crippen LogP contribution in [0, 0.1) is 17.3 Å². The molecule has 0 saturated heterocycles. The smallest absolute Gasteiger partial charge is 0.324 e. The van der Waals surface area contributed by atoms with Crippen molar-refractivity contribution in [3.8, 4) is 0 Å². The first-order chi connectivity index (χ1) is 10.7. The highest BCUT2D eigenvalue weighted by Gasteiger charge is 2.55. The Kier molecular flexibility index (Phi) is 7.56. The van der Waals surface area contributed by atoms with Crippen LogP contribution in [-0.4, -0.2) is 24.1 Å². The number of carbonyl (C=O) groups is 2. The second-order valence-electron chi connectivity index (χ2n) is 7.79. The van der Waals surface area contributed by atoms with Gasteiger partial charge in [0.2, 0.25) is 0 Å². The van der Waals surface area contributed by atoms with Gasteiger partial charge in [-0.3, -0.25) is 9.59 Å². The Hall–Kier alpha value is -1.06. The van der Waals surface area contributed by atoms with Gasteiger partial charge in [-0.2, -0.15) is 0 Å². The number of carbonyl (C=O) groups excluding carboxylic acids is 2. The summed E-state index contributed by atoms with van der Waals surface area (Å²) in [6.07, 6.45) is 4.82. The lowest BCUT2D eigenvalue weighted by atomic mass is 9.70. The molecule has 1 fully saturated rings. The van der Waals surface area contributed by atoms with Gasteiger partial charge >= 0.3 is 11.9 Å². The average molecular weight is 326 g/mol. The Morgan fingerprint density at radius 2 is 1.35 bits per heavy atom. The Balaban J connectivity index is 3.18. The van der Waals surface area contributed by atoms with Gasteiger partial charge < -0.3 is 9.47 Å². The van der Waals surface area contributed by atoms with E-state index in [1.165, 1.54) is 0 Å². The maximum atomic E-state index is 13.0. The highest BCUT2D eigenvalue weighted by atomic mass is 16.6. The van der Waals surface area contributed by atoms with E-state index in [0.717, 1.165) is 32.1 Å². The van der Waals surface area contributed by atoms with Crippen molar-refractivity contribution in [3.05, 3.63) is 0 Å². The number of esters is 2. The van der Waals surface area contributed by atoms with Crippen molar-refractivity contribution in [1.29, 1.82) is 0 Å². The van der Waals surface area contributed by atoms with E-state index in [0.29, 0.717) is 12.3 Å². The Morgan fingerprint density at radius 3 is 1.70 bits per heavy atom. The van der Waals surface area contributed by atoms with Crippen LogP contribution < -0.4 is 0 Å². The molecule has 4 nitrogen and oxygen atoms in total. The highest BCUT2D eigenvalue weighted by Crippen LogP contribution is 2.46. The van der Waals surface area contributed by atoms with Crippen LogP contribution in [0.2, 0.25) is 0 Å². The van der Waals surface area contributed by atoms with E-state index in [-0.39, 0.29) is 30.1 Å². The minimum atomic E-state index is -1.13. The van der Waals surface area contributed by atoms with Crippen molar-refractivity contribution in [2.45, 2.75) is 92.3 Å². The SMILES string of the molecule is CC(C)CCC(C(=O)OC(C)C)(C(=O)OC(C)C)C1CCCC1. The normalized spacial score (nSPS) is 16.4. The Labute approximate surface area is 141 Å². The van der Waals surface area contributed by atoms with E-state index in [4.69, 9.17) is 9.47 Å². The molecular formula is C19H34O4. The van der Waals surface area contributed by atoms with Gasteiger partial charge in [0.25, 0.3) is 0 Å².